The van der Waals surface area contributed by atoms with Crippen molar-refractivity contribution in [1.29, 1.82) is 0 Å². The van der Waals surface area contributed by atoms with Gasteiger partial charge in [0.25, 0.3) is 5.91 Å². The van der Waals surface area contributed by atoms with Gasteiger partial charge in [-0.25, -0.2) is 0 Å². The molecule has 3 aromatic carbocycles. The number of quaternary nitrogens is 1. The van der Waals surface area contributed by atoms with E-state index in [0.717, 1.165) is 49.2 Å². The van der Waals surface area contributed by atoms with Crippen LogP contribution in [-0.2, 0) is 4.79 Å². The van der Waals surface area contributed by atoms with Crippen LogP contribution in [0.15, 0.2) is 60.7 Å². The number of ether oxygens (including phenoxy) is 1. The van der Waals surface area contributed by atoms with Gasteiger partial charge >= 0.3 is 0 Å². The fraction of sp³-hybridized carbons (Fsp3) is 0.292. The smallest absolute Gasteiger partial charge is 0.262 e. The normalized spacial score (nSPS) is 14.7. The average Bonchev–Trinajstić information content (AvgIpc) is 2.78. The van der Waals surface area contributed by atoms with Crippen LogP contribution in [0, 0.1) is 0 Å². The number of amides is 1. The zero-order chi connectivity index (χ0) is 20.9. The Labute approximate surface area is 182 Å². The Morgan fingerprint density at radius 1 is 1.10 bits per heavy atom. The highest BCUT2D eigenvalue weighted by Crippen LogP contribution is 2.29. The molecule has 0 spiro atoms. The molecule has 2 N–H and O–H groups in total. The molecule has 1 amide bonds. The fourth-order valence-corrected chi connectivity index (χ4v) is 4.22. The van der Waals surface area contributed by atoms with Crippen LogP contribution in [0.3, 0.4) is 0 Å². The number of likely N-dealkylation sites (N-methyl/N-ethyl adjacent to an activating group) is 1. The lowest BCUT2D eigenvalue weighted by Gasteiger charge is -2.33. The van der Waals surface area contributed by atoms with Gasteiger partial charge in [0.1, 0.15) is 5.75 Å². The molecular weight excluding hydrogens is 398 g/mol. The summed E-state index contributed by atoms with van der Waals surface area (Å²) in [6.07, 6.45) is 0. The third-order valence-corrected chi connectivity index (χ3v) is 5.95. The minimum atomic E-state index is -0.216. The van der Waals surface area contributed by atoms with Gasteiger partial charge in [0.15, 0.2) is 6.61 Å². The molecule has 6 heteroatoms. The van der Waals surface area contributed by atoms with Gasteiger partial charge in [-0.1, -0.05) is 48.0 Å². The van der Waals surface area contributed by atoms with Gasteiger partial charge in [-0.3, -0.25) is 4.79 Å². The topological polar surface area (TPSA) is 46.0 Å². The van der Waals surface area contributed by atoms with Crippen molar-refractivity contribution < 1.29 is 14.4 Å². The molecule has 0 radical (unpaired) electrons. The van der Waals surface area contributed by atoms with E-state index < -0.39 is 0 Å². The molecule has 156 valence electrons. The molecule has 1 heterocycles. The number of piperazine rings is 1. The van der Waals surface area contributed by atoms with E-state index in [2.05, 4.69) is 17.1 Å². The zero-order valence-electron chi connectivity index (χ0n) is 17.2. The molecule has 3 aromatic rings. The van der Waals surface area contributed by atoms with Crippen molar-refractivity contribution in [3.8, 4) is 5.75 Å². The molecule has 0 aromatic heterocycles. The van der Waals surface area contributed by atoms with Crippen LogP contribution in [0.4, 0.5) is 11.4 Å². The van der Waals surface area contributed by atoms with E-state index >= 15 is 0 Å². The van der Waals surface area contributed by atoms with Crippen molar-refractivity contribution in [2.75, 3.05) is 49.5 Å². The predicted octanol–water partition coefficient (Wildman–Crippen LogP) is 3.24. The average molecular weight is 425 g/mol. The summed E-state index contributed by atoms with van der Waals surface area (Å²) >= 11 is 6.52. The van der Waals surface area contributed by atoms with Crippen molar-refractivity contribution >= 4 is 39.7 Å². The Morgan fingerprint density at radius 3 is 2.63 bits per heavy atom. The summed E-state index contributed by atoms with van der Waals surface area (Å²) in [5.74, 6) is 0.483. The molecule has 30 heavy (non-hydrogen) atoms. The molecule has 0 unspecified atom stereocenters. The van der Waals surface area contributed by atoms with Crippen molar-refractivity contribution in [3.05, 3.63) is 65.7 Å². The molecule has 0 saturated carbocycles. The zero-order valence-corrected chi connectivity index (χ0v) is 17.9. The van der Waals surface area contributed by atoms with E-state index in [4.69, 9.17) is 16.3 Å². The van der Waals surface area contributed by atoms with Crippen LogP contribution in [-0.4, -0.2) is 45.2 Å². The Hall–Kier alpha value is -2.76. The minimum absolute atomic E-state index is 0.0604. The number of anilines is 2. The van der Waals surface area contributed by atoms with Crippen molar-refractivity contribution in [2.24, 2.45) is 0 Å². The maximum absolute atomic E-state index is 12.4. The van der Waals surface area contributed by atoms with E-state index in [9.17, 15) is 4.79 Å². The van der Waals surface area contributed by atoms with Crippen LogP contribution in [0.2, 0.25) is 5.02 Å². The Balaban J connectivity index is 1.36. The number of nitrogens with one attached hydrogen (secondary N) is 2. The molecule has 1 aliphatic heterocycles. The SMILES string of the molecule is CC[NH+]1CCN(c2ccc(NC(=O)COc3cccc4ccccc34)cc2Cl)CC1. The lowest BCUT2D eigenvalue weighted by Crippen LogP contribution is -3.14. The second kappa shape index (κ2) is 9.37. The molecule has 0 atom stereocenters. The standard InChI is InChI=1S/C24H26ClN3O2/c1-2-27-12-14-28(15-13-27)22-11-10-19(16-21(22)25)26-24(29)17-30-23-9-5-7-18-6-3-4-8-20(18)23/h3-11,16H,2,12-15,17H2,1H3,(H,26,29)/p+1. The van der Waals surface area contributed by atoms with Crippen molar-refractivity contribution in [1.82, 2.24) is 0 Å². The Kier molecular flexibility index (Phi) is 6.41. The maximum atomic E-state index is 12.4. The predicted molar refractivity (Wildman–Crippen MR) is 123 cm³/mol. The van der Waals surface area contributed by atoms with Crippen LogP contribution in [0.1, 0.15) is 6.92 Å². The van der Waals surface area contributed by atoms with E-state index in [1.165, 1.54) is 0 Å². The third-order valence-electron chi connectivity index (χ3n) is 5.65. The lowest BCUT2D eigenvalue weighted by atomic mass is 10.1. The molecule has 1 saturated heterocycles. The first-order chi connectivity index (χ1) is 14.6. The third kappa shape index (κ3) is 4.69. The second-order valence-electron chi connectivity index (χ2n) is 7.57. The summed E-state index contributed by atoms with van der Waals surface area (Å²) < 4.78 is 5.77. The first-order valence-corrected chi connectivity index (χ1v) is 10.8. The first-order valence-electron chi connectivity index (χ1n) is 10.4. The second-order valence-corrected chi connectivity index (χ2v) is 7.98. The van der Waals surface area contributed by atoms with Gasteiger partial charge in [0, 0.05) is 11.1 Å². The van der Waals surface area contributed by atoms with E-state index in [-0.39, 0.29) is 12.5 Å². The van der Waals surface area contributed by atoms with E-state index in [0.29, 0.717) is 16.5 Å². The highest BCUT2D eigenvalue weighted by molar-refractivity contribution is 6.33. The van der Waals surface area contributed by atoms with Crippen LogP contribution >= 0.6 is 11.6 Å². The van der Waals surface area contributed by atoms with Crippen LogP contribution in [0.5, 0.6) is 5.75 Å². The quantitative estimate of drug-likeness (QED) is 0.638. The molecule has 1 aliphatic rings. The summed E-state index contributed by atoms with van der Waals surface area (Å²) in [5, 5.41) is 5.61. The highest BCUT2D eigenvalue weighted by Gasteiger charge is 2.20. The molecule has 1 fully saturated rings. The highest BCUT2D eigenvalue weighted by atomic mass is 35.5. The lowest BCUT2D eigenvalue weighted by molar-refractivity contribution is -0.898. The van der Waals surface area contributed by atoms with Gasteiger partial charge in [0.2, 0.25) is 0 Å². The number of nitrogens with zero attached hydrogens (tertiary/aromatic N) is 1. The number of benzene rings is 3. The number of carbonyl (C=O) groups is 1. The summed E-state index contributed by atoms with van der Waals surface area (Å²) in [7, 11) is 0. The molecule has 5 nitrogen and oxygen atoms in total. The summed E-state index contributed by atoms with van der Waals surface area (Å²) in [5.41, 5.74) is 1.70. The number of carbonyl (C=O) groups excluding carboxylic acids is 1. The van der Waals surface area contributed by atoms with Gasteiger partial charge in [-0.05, 0) is 36.6 Å². The molecular formula is C24H27ClN3O2+. The number of halogens is 1. The van der Waals surface area contributed by atoms with Gasteiger partial charge < -0.3 is 19.9 Å². The van der Waals surface area contributed by atoms with Gasteiger partial charge in [-0.2, -0.15) is 0 Å². The molecule has 0 aliphatic carbocycles. The van der Waals surface area contributed by atoms with Crippen molar-refractivity contribution in [3.63, 3.8) is 0 Å². The van der Waals surface area contributed by atoms with Crippen molar-refractivity contribution in [2.45, 2.75) is 6.92 Å². The van der Waals surface area contributed by atoms with E-state index in [1.807, 2.05) is 60.7 Å². The Morgan fingerprint density at radius 2 is 1.87 bits per heavy atom. The van der Waals surface area contributed by atoms with Gasteiger partial charge in [0.05, 0.1) is 43.4 Å². The number of fused-ring (bicyclic) bond motifs is 1. The number of hydrogen-bond donors (Lipinski definition) is 2. The number of rotatable bonds is 6. The minimum Gasteiger partial charge on any atom is -0.483 e. The number of hydrogen-bond acceptors (Lipinski definition) is 3. The molecule has 0 bridgehead atoms. The van der Waals surface area contributed by atoms with Crippen LogP contribution in [0.25, 0.3) is 10.8 Å². The van der Waals surface area contributed by atoms with Crippen LogP contribution < -0.4 is 19.9 Å². The maximum Gasteiger partial charge on any atom is 0.262 e. The molecule has 4 rings (SSSR count). The summed E-state index contributed by atoms with van der Waals surface area (Å²) in [4.78, 5) is 16.3. The van der Waals surface area contributed by atoms with Gasteiger partial charge in [-0.15, -0.1) is 0 Å². The van der Waals surface area contributed by atoms with E-state index in [1.54, 1.807) is 4.90 Å². The summed E-state index contributed by atoms with van der Waals surface area (Å²) in [6, 6.07) is 19.5. The first kappa shape index (κ1) is 20.5. The summed E-state index contributed by atoms with van der Waals surface area (Å²) in [6.45, 7) is 7.55. The largest absolute Gasteiger partial charge is 0.483 e. The monoisotopic (exact) mass is 424 g/mol. The Bertz CT molecular complexity index is 1030. The fourth-order valence-electron chi connectivity index (χ4n) is 3.92.